The Kier molecular flexibility index (Phi) is 10.1. The number of rotatable bonds is 13. The summed E-state index contributed by atoms with van der Waals surface area (Å²) in [5.41, 5.74) is 1.12. The van der Waals surface area contributed by atoms with E-state index in [0.29, 0.717) is 44.4 Å². The zero-order valence-electron chi connectivity index (χ0n) is 24.5. The van der Waals surface area contributed by atoms with E-state index in [1.54, 1.807) is 0 Å². The van der Waals surface area contributed by atoms with Crippen LogP contribution in [0.3, 0.4) is 0 Å². The number of aliphatic hydroxyl groups is 1. The molecular formula is C32H49NO6. The number of nitrogens with zero attached hydrogens (tertiary/aromatic N) is 1. The number of benzene rings is 1. The zero-order chi connectivity index (χ0) is 28.2. The highest BCUT2D eigenvalue weighted by atomic mass is 16.7. The number of hydrogen-bond acceptors (Lipinski definition) is 6. The third kappa shape index (κ3) is 8.27. The van der Waals surface area contributed by atoms with Crippen LogP contribution in [0.15, 0.2) is 30.3 Å². The van der Waals surface area contributed by atoms with Gasteiger partial charge in [-0.05, 0) is 42.6 Å². The Morgan fingerprint density at radius 3 is 2.51 bits per heavy atom. The minimum absolute atomic E-state index is 0.0611. The van der Waals surface area contributed by atoms with E-state index in [2.05, 4.69) is 34.6 Å². The Morgan fingerprint density at radius 1 is 1.10 bits per heavy atom. The fourth-order valence-corrected chi connectivity index (χ4v) is 6.27. The largest absolute Gasteiger partial charge is 0.462 e. The van der Waals surface area contributed by atoms with Gasteiger partial charge >= 0.3 is 5.97 Å². The number of amides is 1. The lowest BCUT2D eigenvalue weighted by Gasteiger charge is -2.31. The maximum atomic E-state index is 13.3. The number of fused-ring (bicyclic) bond motifs is 1. The average molecular weight is 544 g/mol. The highest BCUT2D eigenvalue weighted by Gasteiger charge is 2.56. The van der Waals surface area contributed by atoms with E-state index in [4.69, 9.17) is 14.2 Å². The molecule has 4 rings (SSSR count). The van der Waals surface area contributed by atoms with E-state index < -0.39 is 6.10 Å². The van der Waals surface area contributed by atoms with Gasteiger partial charge in [0.15, 0.2) is 6.29 Å². The Labute approximate surface area is 234 Å². The zero-order valence-corrected chi connectivity index (χ0v) is 24.5. The molecule has 2 aliphatic heterocycles. The van der Waals surface area contributed by atoms with Crippen LogP contribution in [0.4, 0.5) is 0 Å². The quantitative estimate of drug-likeness (QED) is 0.358. The molecule has 1 aromatic carbocycles. The fourth-order valence-electron chi connectivity index (χ4n) is 6.27. The number of aliphatic hydroxyl groups excluding tert-OH is 1. The minimum atomic E-state index is -0.839. The van der Waals surface area contributed by atoms with Crippen molar-refractivity contribution < 1.29 is 28.9 Å². The highest BCUT2D eigenvalue weighted by molar-refractivity contribution is 5.76. The molecule has 7 atom stereocenters. The number of hydrogen-bond donors (Lipinski definition) is 1. The van der Waals surface area contributed by atoms with Gasteiger partial charge in [-0.1, -0.05) is 65.0 Å². The summed E-state index contributed by atoms with van der Waals surface area (Å²) in [7, 11) is 0. The van der Waals surface area contributed by atoms with E-state index in [0.717, 1.165) is 24.8 Å². The first kappa shape index (κ1) is 30.0. The fraction of sp³-hybridized carbons (Fsp3) is 0.750. The lowest BCUT2D eigenvalue weighted by Crippen LogP contribution is -2.43. The van der Waals surface area contributed by atoms with Crippen LogP contribution in [0.1, 0.15) is 72.3 Å². The molecule has 1 amide bonds. The van der Waals surface area contributed by atoms with Crippen LogP contribution in [-0.2, 0) is 30.2 Å². The summed E-state index contributed by atoms with van der Waals surface area (Å²) in [5.74, 6) is 0.583. The van der Waals surface area contributed by atoms with Gasteiger partial charge in [0.05, 0.1) is 25.7 Å². The molecule has 1 aliphatic carbocycles. The molecule has 5 unspecified atom stereocenters. The van der Waals surface area contributed by atoms with Gasteiger partial charge < -0.3 is 24.2 Å². The molecule has 1 saturated carbocycles. The molecule has 218 valence electrons. The standard InChI is InChI=1S/C32H49NO6/c1-21(2)12-14-33(28(35)11-13-32(3,4)5)18-27(34)23(15-22-9-7-6-8-10-22)17-29(36)39-30-24-16-25-26(30)20-38-31(25)37-19-24/h6-10,21,23-27,30-31,34H,11-20H2,1-5H3/t23-,24?,25?,26?,27-,30?,31?/m1/s1. The lowest BCUT2D eigenvalue weighted by atomic mass is 9.89. The second-order valence-corrected chi connectivity index (χ2v) is 13.6. The van der Waals surface area contributed by atoms with E-state index in [9.17, 15) is 14.7 Å². The van der Waals surface area contributed by atoms with Crippen molar-refractivity contribution in [2.24, 2.45) is 35.0 Å². The van der Waals surface area contributed by atoms with Crippen molar-refractivity contribution in [2.45, 2.75) is 91.6 Å². The van der Waals surface area contributed by atoms with Gasteiger partial charge in [0.1, 0.15) is 6.10 Å². The summed E-state index contributed by atoms with van der Waals surface area (Å²) in [4.78, 5) is 28.4. The molecule has 39 heavy (non-hydrogen) atoms. The van der Waals surface area contributed by atoms with Crippen LogP contribution < -0.4 is 0 Å². The second kappa shape index (κ2) is 13.1. The Bertz CT molecular complexity index is 944. The van der Waals surface area contributed by atoms with Gasteiger partial charge in [0, 0.05) is 43.2 Å². The molecule has 2 saturated heterocycles. The van der Waals surface area contributed by atoms with Crippen LogP contribution >= 0.6 is 0 Å². The predicted molar refractivity (Wildman–Crippen MR) is 150 cm³/mol. The molecule has 7 heteroatoms. The van der Waals surface area contributed by atoms with Crippen molar-refractivity contribution in [3.05, 3.63) is 35.9 Å². The molecule has 1 N–H and O–H groups in total. The first-order valence-electron chi connectivity index (χ1n) is 14.9. The van der Waals surface area contributed by atoms with E-state index >= 15 is 0 Å². The first-order valence-corrected chi connectivity index (χ1v) is 14.9. The Hall–Kier alpha value is -1.96. The number of ether oxygens (including phenoxy) is 3. The summed E-state index contributed by atoms with van der Waals surface area (Å²) >= 11 is 0. The van der Waals surface area contributed by atoms with Crippen LogP contribution in [0.2, 0.25) is 0 Å². The number of esters is 1. The van der Waals surface area contributed by atoms with Crippen LogP contribution in [0, 0.1) is 35.0 Å². The molecule has 0 spiro atoms. The van der Waals surface area contributed by atoms with Gasteiger partial charge in [0.2, 0.25) is 5.91 Å². The predicted octanol–water partition coefficient (Wildman–Crippen LogP) is 4.85. The topological polar surface area (TPSA) is 85.3 Å². The molecule has 0 aromatic heterocycles. The monoisotopic (exact) mass is 543 g/mol. The SMILES string of the molecule is CC(C)CCN(C[C@@H](O)[C@@H](CC(=O)OC1C2COC3OCC1C3C2)Cc1ccccc1)C(=O)CCC(C)(C)C. The van der Waals surface area contributed by atoms with Gasteiger partial charge in [-0.15, -0.1) is 0 Å². The van der Waals surface area contributed by atoms with Gasteiger partial charge in [0.25, 0.3) is 0 Å². The maximum Gasteiger partial charge on any atom is 0.306 e. The van der Waals surface area contributed by atoms with Crippen LogP contribution in [-0.4, -0.2) is 66.7 Å². The molecule has 1 aromatic rings. The lowest BCUT2D eigenvalue weighted by molar-refractivity contribution is -0.178. The van der Waals surface area contributed by atoms with Crippen LogP contribution in [0.5, 0.6) is 0 Å². The summed E-state index contributed by atoms with van der Waals surface area (Å²) < 4.78 is 17.7. The smallest absolute Gasteiger partial charge is 0.306 e. The van der Waals surface area contributed by atoms with Gasteiger partial charge in [-0.3, -0.25) is 9.59 Å². The summed E-state index contributed by atoms with van der Waals surface area (Å²) in [6.45, 7) is 12.7. The molecular weight excluding hydrogens is 494 g/mol. The summed E-state index contributed by atoms with van der Waals surface area (Å²) in [6.07, 6.45) is 2.56. The second-order valence-electron chi connectivity index (χ2n) is 13.6. The molecule has 2 heterocycles. The molecule has 0 radical (unpaired) electrons. The molecule has 3 fully saturated rings. The van der Waals surface area contributed by atoms with Crippen LogP contribution in [0.25, 0.3) is 0 Å². The average Bonchev–Trinajstić information content (AvgIpc) is 3.41. The minimum Gasteiger partial charge on any atom is -0.462 e. The summed E-state index contributed by atoms with van der Waals surface area (Å²) in [5, 5.41) is 11.5. The normalized spacial score (nSPS) is 27.4. The molecule has 7 nitrogen and oxygen atoms in total. The van der Waals surface area contributed by atoms with Crippen molar-refractivity contribution >= 4 is 11.9 Å². The Balaban J connectivity index is 1.43. The van der Waals surface area contributed by atoms with E-state index in [1.807, 2.05) is 35.2 Å². The number of carbonyl (C=O) groups is 2. The van der Waals surface area contributed by atoms with Crippen molar-refractivity contribution in [1.82, 2.24) is 4.90 Å². The molecule has 2 bridgehead atoms. The molecule has 3 aliphatic rings. The third-order valence-electron chi connectivity index (χ3n) is 8.70. The van der Waals surface area contributed by atoms with E-state index in [1.165, 1.54) is 0 Å². The summed E-state index contributed by atoms with van der Waals surface area (Å²) in [6, 6.07) is 9.93. The van der Waals surface area contributed by atoms with Crippen molar-refractivity contribution in [3.8, 4) is 0 Å². The van der Waals surface area contributed by atoms with Crippen molar-refractivity contribution in [3.63, 3.8) is 0 Å². The van der Waals surface area contributed by atoms with Crippen molar-refractivity contribution in [1.29, 1.82) is 0 Å². The van der Waals surface area contributed by atoms with Crippen molar-refractivity contribution in [2.75, 3.05) is 26.3 Å². The van der Waals surface area contributed by atoms with Gasteiger partial charge in [-0.25, -0.2) is 0 Å². The first-order chi connectivity index (χ1) is 18.5. The highest BCUT2D eigenvalue weighted by Crippen LogP contribution is 2.49. The number of carbonyl (C=O) groups excluding carboxylic acids is 2. The third-order valence-corrected chi connectivity index (χ3v) is 8.70. The van der Waals surface area contributed by atoms with Gasteiger partial charge in [-0.2, -0.15) is 0 Å². The van der Waals surface area contributed by atoms with E-state index in [-0.39, 0.29) is 60.4 Å². The maximum absolute atomic E-state index is 13.3. The Morgan fingerprint density at radius 2 is 1.82 bits per heavy atom.